The first-order valence-corrected chi connectivity index (χ1v) is 8.37. The number of hydrogen-bond acceptors (Lipinski definition) is 3. The van der Waals surface area contributed by atoms with Crippen molar-refractivity contribution >= 4 is 23.6 Å². The van der Waals surface area contributed by atoms with Crippen molar-refractivity contribution < 1.29 is 14.3 Å². The second-order valence-electron chi connectivity index (χ2n) is 7.41. The number of aryl methyl sites for hydroxylation is 1. The Morgan fingerprint density at radius 3 is 2.21 bits per heavy atom. The van der Waals surface area contributed by atoms with Crippen LogP contribution in [0.5, 0.6) is 0 Å². The van der Waals surface area contributed by atoms with Gasteiger partial charge in [0.1, 0.15) is 5.60 Å². The number of hydrogen-bond donors (Lipinski definition) is 2. The van der Waals surface area contributed by atoms with E-state index in [2.05, 4.69) is 10.6 Å². The maximum absolute atomic E-state index is 12.1. The zero-order valence-electron chi connectivity index (χ0n) is 15.0. The van der Waals surface area contributed by atoms with Crippen LogP contribution in [0.15, 0.2) is 24.3 Å². The molecule has 0 unspecified atom stereocenters. The van der Waals surface area contributed by atoms with E-state index in [1.165, 1.54) is 0 Å². The molecule has 2 N–H and O–H groups in total. The summed E-state index contributed by atoms with van der Waals surface area (Å²) in [6, 6.07) is 7.43. The lowest BCUT2D eigenvalue weighted by Crippen LogP contribution is -2.52. The molecule has 0 saturated carbocycles. The molecule has 1 rings (SSSR count). The van der Waals surface area contributed by atoms with Gasteiger partial charge in [-0.05, 0) is 58.7 Å². The fourth-order valence-electron chi connectivity index (χ4n) is 2.00. The SMILES string of the molecule is CC(C)(CNC(=O)OC(C)(C)C)NC(=O)CCc1ccc(Cl)cc1. The number of carbonyl (C=O) groups is 2. The van der Waals surface area contributed by atoms with Gasteiger partial charge in [0.05, 0.1) is 5.54 Å². The molecule has 5 nitrogen and oxygen atoms in total. The molecule has 0 aliphatic carbocycles. The van der Waals surface area contributed by atoms with Crippen molar-refractivity contribution in [2.75, 3.05) is 6.54 Å². The number of rotatable bonds is 6. The molecule has 0 heterocycles. The maximum atomic E-state index is 12.1. The molecule has 0 saturated heterocycles. The third-order valence-electron chi connectivity index (χ3n) is 3.11. The van der Waals surface area contributed by atoms with E-state index in [1.807, 2.05) is 38.1 Å². The predicted octanol–water partition coefficient (Wildman–Crippen LogP) is 3.69. The van der Waals surface area contributed by atoms with Gasteiger partial charge in [-0.15, -0.1) is 0 Å². The van der Waals surface area contributed by atoms with Gasteiger partial charge in [0, 0.05) is 18.0 Å². The van der Waals surface area contributed by atoms with Crippen LogP contribution in [0.4, 0.5) is 4.79 Å². The maximum Gasteiger partial charge on any atom is 0.407 e. The molecule has 24 heavy (non-hydrogen) atoms. The fourth-order valence-corrected chi connectivity index (χ4v) is 2.13. The summed E-state index contributed by atoms with van der Waals surface area (Å²) in [7, 11) is 0. The lowest BCUT2D eigenvalue weighted by molar-refractivity contribution is -0.122. The summed E-state index contributed by atoms with van der Waals surface area (Å²) >= 11 is 5.84. The van der Waals surface area contributed by atoms with Gasteiger partial charge in [-0.25, -0.2) is 4.79 Å². The highest BCUT2D eigenvalue weighted by atomic mass is 35.5. The van der Waals surface area contributed by atoms with Crippen LogP contribution in [0.2, 0.25) is 5.02 Å². The number of nitrogens with one attached hydrogen (secondary N) is 2. The summed E-state index contributed by atoms with van der Waals surface area (Å²) in [5.74, 6) is -0.0686. The van der Waals surface area contributed by atoms with Crippen LogP contribution in [0.25, 0.3) is 0 Å². The van der Waals surface area contributed by atoms with Gasteiger partial charge in [-0.3, -0.25) is 4.79 Å². The van der Waals surface area contributed by atoms with E-state index in [9.17, 15) is 9.59 Å². The average Bonchev–Trinajstić information content (AvgIpc) is 2.42. The molecule has 134 valence electrons. The van der Waals surface area contributed by atoms with Gasteiger partial charge < -0.3 is 15.4 Å². The Hall–Kier alpha value is -1.75. The summed E-state index contributed by atoms with van der Waals surface area (Å²) in [4.78, 5) is 23.8. The molecule has 1 aromatic carbocycles. The molecule has 0 spiro atoms. The third kappa shape index (κ3) is 8.77. The minimum atomic E-state index is -0.562. The predicted molar refractivity (Wildman–Crippen MR) is 96.2 cm³/mol. The van der Waals surface area contributed by atoms with Crippen molar-refractivity contribution in [3.05, 3.63) is 34.9 Å². The van der Waals surface area contributed by atoms with Gasteiger partial charge in [-0.1, -0.05) is 23.7 Å². The lowest BCUT2D eigenvalue weighted by Gasteiger charge is -2.27. The Kier molecular flexibility index (Phi) is 7.08. The number of ether oxygens (including phenoxy) is 1. The van der Waals surface area contributed by atoms with E-state index in [0.717, 1.165) is 5.56 Å². The highest BCUT2D eigenvalue weighted by Gasteiger charge is 2.23. The minimum absolute atomic E-state index is 0.0686. The van der Waals surface area contributed by atoms with Crippen LogP contribution in [0, 0.1) is 0 Å². The summed E-state index contributed by atoms with van der Waals surface area (Å²) in [5, 5.41) is 6.27. The highest BCUT2D eigenvalue weighted by Crippen LogP contribution is 2.11. The van der Waals surface area contributed by atoms with Crippen molar-refractivity contribution in [3.63, 3.8) is 0 Å². The van der Waals surface area contributed by atoms with Crippen LogP contribution in [-0.2, 0) is 16.0 Å². The normalized spacial score (nSPS) is 11.8. The van der Waals surface area contributed by atoms with Crippen LogP contribution in [-0.4, -0.2) is 29.7 Å². The monoisotopic (exact) mass is 354 g/mol. The molecule has 0 aliphatic heterocycles. The van der Waals surface area contributed by atoms with Crippen LogP contribution < -0.4 is 10.6 Å². The number of amides is 2. The fraction of sp³-hybridized carbons (Fsp3) is 0.556. The Morgan fingerprint density at radius 2 is 1.67 bits per heavy atom. The summed E-state index contributed by atoms with van der Waals surface area (Å²) in [5.41, 5.74) is -0.0523. The van der Waals surface area contributed by atoms with E-state index in [0.29, 0.717) is 17.9 Å². The largest absolute Gasteiger partial charge is 0.444 e. The van der Waals surface area contributed by atoms with Gasteiger partial charge >= 0.3 is 6.09 Å². The minimum Gasteiger partial charge on any atom is -0.444 e. The van der Waals surface area contributed by atoms with Crippen molar-refractivity contribution in [1.29, 1.82) is 0 Å². The van der Waals surface area contributed by atoms with Crippen molar-refractivity contribution in [2.45, 2.75) is 58.6 Å². The number of alkyl carbamates (subject to hydrolysis) is 1. The first-order chi connectivity index (χ1) is 11.0. The van der Waals surface area contributed by atoms with E-state index < -0.39 is 17.2 Å². The molecule has 0 radical (unpaired) electrons. The molecule has 0 aromatic heterocycles. The number of carbonyl (C=O) groups excluding carboxylic acids is 2. The molecular weight excluding hydrogens is 328 g/mol. The molecule has 0 fully saturated rings. The quantitative estimate of drug-likeness (QED) is 0.818. The molecule has 0 atom stereocenters. The second-order valence-corrected chi connectivity index (χ2v) is 7.85. The van der Waals surface area contributed by atoms with Crippen molar-refractivity contribution in [2.24, 2.45) is 0 Å². The lowest BCUT2D eigenvalue weighted by atomic mass is 10.0. The first-order valence-electron chi connectivity index (χ1n) is 7.99. The van der Waals surface area contributed by atoms with Crippen LogP contribution in [0.3, 0.4) is 0 Å². The van der Waals surface area contributed by atoms with Crippen LogP contribution >= 0.6 is 11.6 Å². The topological polar surface area (TPSA) is 67.4 Å². The molecule has 0 aliphatic rings. The van der Waals surface area contributed by atoms with Gasteiger partial charge in [0.15, 0.2) is 0 Å². The van der Waals surface area contributed by atoms with E-state index >= 15 is 0 Å². The van der Waals surface area contributed by atoms with Gasteiger partial charge in [-0.2, -0.15) is 0 Å². The van der Waals surface area contributed by atoms with Gasteiger partial charge in [0.2, 0.25) is 5.91 Å². The summed E-state index contributed by atoms with van der Waals surface area (Å²) in [6.45, 7) is 9.40. The van der Waals surface area contributed by atoms with Crippen molar-refractivity contribution in [1.82, 2.24) is 10.6 Å². The Labute approximate surface area is 149 Å². The standard InChI is InChI=1S/C18H27ClN2O3/c1-17(2,3)24-16(23)20-12-18(4,5)21-15(22)11-8-13-6-9-14(19)10-7-13/h6-7,9-10H,8,11-12H2,1-5H3,(H,20,23)(H,21,22). The van der Waals surface area contributed by atoms with Crippen molar-refractivity contribution in [3.8, 4) is 0 Å². The third-order valence-corrected chi connectivity index (χ3v) is 3.36. The first kappa shape index (κ1) is 20.3. The van der Waals surface area contributed by atoms with E-state index in [-0.39, 0.29) is 12.5 Å². The summed E-state index contributed by atoms with van der Waals surface area (Å²) in [6.07, 6.45) is 0.516. The molecule has 1 aromatic rings. The molecular formula is C18H27ClN2O3. The van der Waals surface area contributed by atoms with Crippen LogP contribution in [0.1, 0.15) is 46.6 Å². The number of halogens is 1. The zero-order chi connectivity index (χ0) is 18.4. The second kappa shape index (κ2) is 8.38. The Bertz CT molecular complexity index is 563. The van der Waals surface area contributed by atoms with E-state index in [1.54, 1.807) is 20.8 Å². The summed E-state index contributed by atoms with van der Waals surface area (Å²) < 4.78 is 5.18. The number of benzene rings is 1. The Balaban J connectivity index is 2.38. The average molecular weight is 355 g/mol. The van der Waals surface area contributed by atoms with Gasteiger partial charge in [0.25, 0.3) is 0 Å². The Morgan fingerprint density at radius 1 is 1.08 bits per heavy atom. The highest BCUT2D eigenvalue weighted by molar-refractivity contribution is 6.30. The molecule has 6 heteroatoms. The molecule has 2 amide bonds. The zero-order valence-corrected chi connectivity index (χ0v) is 15.8. The van der Waals surface area contributed by atoms with E-state index in [4.69, 9.17) is 16.3 Å². The smallest absolute Gasteiger partial charge is 0.407 e. The molecule has 0 bridgehead atoms.